The van der Waals surface area contributed by atoms with Crippen LogP contribution in [0.25, 0.3) is 0 Å². The van der Waals surface area contributed by atoms with Gasteiger partial charge in [-0.3, -0.25) is 4.79 Å². The minimum atomic E-state index is -0.552. The lowest BCUT2D eigenvalue weighted by atomic mass is 9.86. The summed E-state index contributed by atoms with van der Waals surface area (Å²) < 4.78 is 10.2. The van der Waals surface area contributed by atoms with E-state index in [-0.39, 0.29) is 18.6 Å². The summed E-state index contributed by atoms with van der Waals surface area (Å²) in [6.07, 6.45) is 4.48. The third-order valence-corrected chi connectivity index (χ3v) is 4.12. The summed E-state index contributed by atoms with van der Waals surface area (Å²) in [7, 11) is 1.49. The fourth-order valence-corrected chi connectivity index (χ4v) is 2.80. The summed E-state index contributed by atoms with van der Waals surface area (Å²) in [5.74, 6) is 0.114. The maximum Gasteiger partial charge on any atom is 0.342 e. The van der Waals surface area contributed by atoms with E-state index >= 15 is 0 Å². The smallest absolute Gasteiger partial charge is 0.342 e. The van der Waals surface area contributed by atoms with Crippen LogP contribution < -0.4 is 10.1 Å². The number of esters is 1. The Labute approximate surface area is 131 Å². The number of benzene rings is 1. The molecule has 0 aliphatic heterocycles. The van der Waals surface area contributed by atoms with Crippen molar-refractivity contribution in [2.75, 3.05) is 13.7 Å². The Kier molecular flexibility index (Phi) is 5.81. The van der Waals surface area contributed by atoms with Gasteiger partial charge in [-0.2, -0.15) is 0 Å². The first-order valence-electron chi connectivity index (χ1n) is 7.71. The van der Waals surface area contributed by atoms with Crippen LogP contribution in [0.1, 0.15) is 43.0 Å². The van der Waals surface area contributed by atoms with Gasteiger partial charge in [-0.15, -0.1) is 0 Å². The zero-order chi connectivity index (χ0) is 15.9. The first kappa shape index (κ1) is 16.3. The molecule has 1 saturated carbocycles. The third-order valence-electron chi connectivity index (χ3n) is 4.12. The molecule has 1 aromatic carbocycles. The average Bonchev–Trinajstić information content (AvgIpc) is 2.54. The van der Waals surface area contributed by atoms with E-state index in [1.165, 1.54) is 13.5 Å². The number of para-hydroxylation sites is 1. The molecular weight excluding hydrogens is 282 g/mol. The Hall–Kier alpha value is -2.04. The van der Waals surface area contributed by atoms with Crippen molar-refractivity contribution in [3.63, 3.8) is 0 Å². The lowest BCUT2D eigenvalue weighted by Gasteiger charge is -2.29. The SMILES string of the molecule is COc1ccccc1C(=O)OCC(=O)N[C@H]1CCCC[C@H]1C. The first-order valence-corrected chi connectivity index (χ1v) is 7.71. The molecule has 1 aliphatic rings. The molecule has 2 atom stereocenters. The molecule has 0 spiro atoms. The van der Waals surface area contributed by atoms with Crippen molar-refractivity contribution < 1.29 is 19.1 Å². The number of carbonyl (C=O) groups is 2. The number of hydrogen-bond donors (Lipinski definition) is 1. The summed E-state index contributed by atoms with van der Waals surface area (Å²) in [5.41, 5.74) is 0.323. The molecule has 5 heteroatoms. The van der Waals surface area contributed by atoms with Crippen LogP contribution in [0.5, 0.6) is 5.75 Å². The zero-order valence-electron chi connectivity index (χ0n) is 13.1. The van der Waals surface area contributed by atoms with Crippen molar-refractivity contribution in [1.82, 2.24) is 5.32 Å². The van der Waals surface area contributed by atoms with Gasteiger partial charge in [0.2, 0.25) is 0 Å². The van der Waals surface area contributed by atoms with E-state index in [0.29, 0.717) is 17.2 Å². The van der Waals surface area contributed by atoms with Crippen molar-refractivity contribution in [1.29, 1.82) is 0 Å². The Morgan fingerprint density at radius 1 is 1.23 bits per heavy atom. The molecule has 0 heterocycles. The molecule has 0 aromatic heterocycles. The summed E-state index contributed by atoms with van der Waals surface area (Å²) in [6.45, 7) is 1.88. The fraction of sp³-hybridized carbons (Fsp3) is 0.529. The average molecular weight is 305 g/mol. The third kappa shape index (κ3) is 4.23. The Morgan fingerprint density at radius 3 is 2.68 bits per heavy atom. The topological polar surface area (TPSA) is 64.6 Å². The fourth-order valence-electron chi connectivity index (χ4n) is 2.80. The number of ether oxygens (including phenoxy) is 2. The minimum Gasteiger partial charge on any atom is -0.496 e. The van der Waals surface area contributed by atoms with Crippen LogP contribution >= 0.6 is 0 Å². The van der Waals surface area contributed by atoms with Crippen molar-refractivity contribution in [3.8, 4) is 5.75 Å². The molecule has 2 rings (SSSR count). The number of amides is 1. The maximum absolute atomic E-state index is 12.0. The lowest BCUT2D eigenvalue weighted by Crippen LogP contribution is -2.42. The van der Waals surface area contributed by atoms with E-state index in [0.717, 1.165) is 19.3 Å². The Balaban J connectivity index is 1.84. The molecule has 1 fully saturated rings. The van der Waals surface area contributed by atoms with Crippen molar-refractivity contribution >= 4 is 11.9 Å². The van der Waals surface area contributed by atoms with Crippen LogP contribution in [0.3, 0.4) is 0 Å². The van der Waals surface area contributed by atoms with Gasteiger partial charge in [0.15, 0.2) is 6.61 Å². The van der Waals surface area contributed by atoms with E-state index < -0.39 is 5.97 Å². The normalized spacial score (nSPS) is 21.0. The highest BCUT2D eigenvalue weighted by Crippen LogP contribution is 2.23. The largest absolute Gasteiger partial charge is 0.496 e. The second kappa shape index (κ2) is 7.82. The molecule has 1 aromatic rings. The van der Waals surface area contributed by atoms with Gasteiger partial charge in [0.1, 0.15) is 11.3 Å². The van der Waals surface area contributed by atoms with Gasteiger partial charge < -0.3 is 14.8 Å². The Bertz CT molecular complexity index is 529. The van der Waals surface area contributed by atoms with Gasteiger partial charge in [0.25, 0.3) is 5.91 Å². The van der Waals surface area contributed by atoms with Crippen LogP contribution in [0.2, 0.25) is 0 Å². The van der Waals surface area contributed by atoms with Crippen LogP contribution in [0.4, 0.5) is 0 Å². The first-order chi connectivity index (χ1) is 10.6. The standard InChI is InChI=1S/C17H23NO4/c1-12-7-3-5-9-14(12)18-16(19)11-22-17(20)13-8-4-6-10-15(13)21-2/h4,6,8,10,12,14H,3,5,7,9,11H2,1-2H3,(H,18,19)/t12-,14+/m1/s1. The summed E-state index contributed by atoms with van der Waals surface area (Å²) in [5, 5.41) is 2.96. The molecule has 1 amide bonds. The predicted octanol–water partition coefficient (Wildman–Crippen LogP) is 2.55. The van der Waals surface area contributed by atoms with Crippen LogP contribution in [0, 0.1) is 5.92 Å². The van der Waals surface area contributed by atoms with Gasteiger partial charge in [0.05, 0.1) is 7.11 Å². The van der Waals surface area contributed by atoms with Crippen molar-refractivity contribution in [2.24, 2.45) is 5.92 Å². The van der Waals surface area contributed by atoms with E-state index in [2.05, 4.69) is 12.2 Å². The quantitative estimate of drug-likeness (QED) is 0.849. The van der Waals surface area contributed by atoms with Crippen LogP contribution in [0.15, 0.2) is 24.3 Å². The number of nitrogens with one attached hydrogen (secondary N) is 1. The van der Waals surface area contributed by atoms with Gasteiger partial charge in [0, 0.05) is 6.04 Å². The zero-order valence-corrected chi connectivity index (χ0v) is 13.1. The molecule has 120 valence electrons. The van der Waals surface area contributed by atoms with Gasteiger partial charge in [-0.1, -0.05) is 31.9 Å². The molecule has 0 saturated heterocycles. The monoisotopic (exact) mass is 305 g/mol. The molecule has 22 heavy (non-hydrogen) atoms. The van der Waals surface area contributed by atoms with Crippen molar-refractivity contribution in [3.05, 3.63) is 29.8 Å². The van der Waals surface area contributed by atoms with Gasteiger partial charge in [-0.25, -0.2) is 4.79 Å². The highest BCUT2D eigenvalue weighted by molar-refractivity contribution is 5.94. The maximum atomic E-state index is 12.0. The van der Waals surface area contributed by atoms with E-state index in [1.54, 1.807) is 24.3 Å². The van der Waals surface area contributed by atoms with Crippen molar-refractivity contribution in [2.45, 2.75) is 38.6 Å². The predicted molar refractivity (Wildman–Crippen MR) is 82.8 cm³/mol. The number of carbonyl (C=O) groups excluding carboxylic acids is 2. The van der Waals surface area contributed by atoms with E-state index in [4.69, 9.17) is 9.47 Å². The molecule has 0 radical (unpaired) electrons. The van der Waals surface area contributed by atoms with E-state index in [9.17, 15) is 9.59 Å². The van der Waals surface area contributed by atoms with E-state index in [1.807, 2.05) is 0 Å². The second-order valence-electron chi connectivity index (χ2n) is 5.71. The highest BCUT2D eigenvalue weighted by atomic mass is 16.5. The molecule has 0 bridgehead atoms. The number of hydrogen-bond acceptors (Lipinski definition) is 4. The lowest BCUT2D eigenvalue weighted by molar-refractivity contribution is -0.125. The Morgan fingerprint density at radius 2 is 1.95 bits per heavy atom. The van der Waals surface area contributed by atoms with Crippen LogP contribution in [-0.2, 0) is 9.53 Å². The van der Waals surface area contributed by atoms with Gasteiger partial charge >= 0.3 is 5.97 Å². The number of methoxy groups -OCH3 is 1. The summed E-state index contributed by atoms with van der Waals surface area (Å²) in [4.78, 5) is 23.9. The molecule has 0 unspecified atom stereocenters. The number of rotatable bonds is 5. The molecular formula is C17H23NO4. The van der Waals surface area contributed by atoms with Crippen LogP contribution in [-0.4, -0.2) is 31.6 Å². The second-order valence-corrected chi connectivity index (χ2v) is 5.71. The summed E-state index contributed by atoms with van der Waals surface area (Å²) in [6, 6.07) is 6.98. The molecule has 1 N–H and O–H groups in total. The minimum absolute atomic E-state index is 0.186. The highest BCUT2D eigenvalue weighted by Gasteiger charge is 2.23. The summed E-state index contributed by atoms with van der Waals surface area (Å²) >= 11 is 0. The van der Waals surface area contributed by atoms with Gasteiger partial charge in [-0.05, 0) is 30.9 Å². The molecule has 1 aliphatic carbocycles. The molecule has 5 nitrogen and oxygen atoms in total.